The highest BCUT2D eigenvalue weighted by Crippen LogP contribution is 2.33. The van der Waals surface area contributed by atoms with E-state index in [1.54, 1.807) is 24.8 Å². The molecule has 2 aromatic carbocycles. The summed E-state index contributed by atoms with van der Waals surface area (Å²) < 4.78 is 45.5. The smallest absolute Gasteiger partial charge is 0.269 e. The first-order valence-electron chi connectivity index (χ1n) is 9.52. The number of carbonyl (C=O) groups is 2. The van der Waals surface area contributed by atoms with Crippen LogP contribution in [0, 0.1) is 5.82 Å². The Morgan fingerprint density at radius 3 is 2.57 bits per heavy atom. The van der Waals surface area contributed by atoms with E-state index >= 15 is 0 Å². The normalized spacial score (nSPS) is 17.2. The van der Waals surface area contributed by atoms with Crippen LogP contribution in [0.3, 0.4) is 0 Å². The summed E-state index contributed by atoms with van der Waals surface area (Å²) in [4.78, 5) is 26.9. The number of carbonyl (C=O) groups excluding carboxylic acids is 2. The summed E-state index contributed by atoms with van der Waals surface area (Å²) >= 11 is 0. The van der Waals surface area contributed by atoms with E-state index in [1.165, 1.54) is 31.4 Å². The number of methoxy groups -OCH3 is 1. The molecule has 9 heteroatoms. The number of amides is 2. The average molecular weight is 432 g/mol. The van der Waals surface area contributed by atoms with Crippen molar-refractivity contribution in [2.45, 2.75) is 37.8 Å². The van der Waals surface area contributed by atoms with E-state index in [4.69, 9.17) is 4.74 Å². The standard InChI is InChI=1S/C21H21FN2O5S/c1-12(2)24-21(26)16-5-4-14(10-19(16)30(24,27)28)20(25)23-7-6-13-9-18(29-3)17(22)8-15(13)11-23/h4-5,8-10,12H,6-7,11H2,1-3H3. The fraction of sp³-hybridized carbons (Fsp3) is 0.333. The number of nitrogens with zero attached hydrogens (tertiary/aromatic N) is 2. The Morgan fingerprint density at radius 1 is 1.17 bits per heavy atom. The molecule has 0 bridgehead atoms. The molecule has 2 amide bonds. The van der Waals surface area contributed by atoms with E-state index in [2.05, 4.69) is 0 Å². The lowest BCUT2D eigenvalue weighted by molar-refractivity contribution is 0.0733. The Hall–Kier alpha value is -2.94. The zero-order valence-corrected chi connectivity index (χ0v) is 17.6. The summed E-state index contributed by atoms with van der Waals surface area (Å²) in [7, 11) is -2.59. The van der Waals surface area contributed by atoms with Crippen LogP contribution < -0.4 is 4.74 Å². The minimum atomic E-state index is -3.99. The van der Waals surface area contributed by atoms with Crippen molar-refractivity contribution < 1.29 is 27.1 Å². The van der Waals surface area contributed by atoms with Gasteiger partial charge in [-0.25, -0.2) is 17.1 Å². The van der Waals surface area contributed by atoms with E-state index in [9.17, 15) is 22.4 Å². The second kappa shape index (κ2) is 7.09. The monoisotopic (exact) mass is 432 g/mol. The molecule has 0 N–H and O–H groups in total. The van der Waals surface area contributed by atoms with Gasteiger partial charge in [0, 0.05) is 24.7 Å². The third-order valence-electron chi connectivity index (χ3n) is 5.44. The first kappa shape index (κ1) is 20.3. The molecule has 2 aliphatic heterocycles. The predicted octanol–water partition coefficient (Wildman–Crippen LogP) is 2.59. The molecule has 0 aliphatic carbocycles. The third-order valence-corrected chi connectivity index (χ3v) is 7.44. The maximum absolute atomic E-state index is 14.1. The van der Waals surface area contributed by atoms with Crippen molar-refractivity contribution in [3.05, 3.63) is 58.4 Å². The van der Waals surface area contributed by atoms with Crippen molar-refractivity contribution in [3.63, 3.8) is 0 Å². The molecule has 30 heavy (non-hydrogen) atoms. The summed E-state index contributed by atoms with van der Waals surface area (Å²) in [6.07, 6.45) is 0.528. The highest BCUT2D eigenvalue weighted by molar-refractivity contribution is 7.90. The van der Waals surface area contributed by atoms with E-state index < -0.39 is 27.8 Å². The van der Waals surface area contributed by atoms with Crippen LogP contribution in [0.5, 0.6) is 5.75 Å². The molecule has 0 radical (unpaired) electrons. The number of hydrogen-bond acceptors (Lipinski definition) is 5. The van der Waals surface area contributed by atoms with Gasteiger partial charge in [-0.15, -0.1) is 0 Å². The lowest BCUT2D eigenvalue weighted by Crippen LogP contribution is -2.36. The van der Waals surface area contributed by atoms with Gasteiger partial charge in [0.15, 0.2) is 11.6 Å². The first-order valence-corrected chi connectivity index (χ1v) is 11.0. The quantitative estimate of drug-likeness (QED) is 0.745. The van der Waals surface area contributed by atoms with Crippen molar-refractivity contribution in [1.82, 2.24) is 9.21 Å². The van der Waals surface area contributed by atoms with Gasteiger partial charge in [0.25, 0.3) is 21.8 Å². The van der Waals surface area contributed by atoms with Crippen LogP contribution >= 0.6 is 0 Å². The molecule has 0 atom stereocenters. The van der Waals surface area contributed by atoms with Crippen molar-refractivity contribution in [1.29, 1.82) is 0 Å². The molecule has 7 nitrogen and oxygen atoms in total. The molecule has 2 aliphatic rings. The molecule has 2 heterocycles. The largest absolute Gasteiger partial charge is 0.494 e. The molecule has 0 spiro atoms. The minimum absolute atomic E-state index is 0.0680. The number of ether oxygens (including phenoxy) is 1. The van der Waals surface area contributed by atoms with Gasteiger partial charge in [0.2, 0.25) is 0 Å². The third kappa shape index (κ3) is 3.04. The lowest BCUT2D eigenvalue weighted by atomic mass is 9.98. The van der Waals surface area contributed by atoms with Gasteiger partial charge >= 0.3 is 0 Å². The molecular formula is C21H21FN2O5S. The van der Waals surface area contributed by atoms with Crippen LogP contribution in [0.4, 0.5) is 4.39 Å². The second-order valence-corrected chi connectivity index (χ2v) is 9.43. The predicted molar refractivity (Wildman–Crippen MR) is 106 cm³/mol. The highest BCUT2D eigenvalue weighted by atomic mass is 32.2. The summed E-state index contributed by atoms with van der Waals surface area (Å²) in [6, 6.07) is 6.58. The van der Waals surface area contributed by atoms with E-state index in [-0.39, 0.29) is 34.2 Å². The zero-order valence-electron chi connectivity index (χ0n) is 16.8. The molecule has 158 valence electrons. The molecule has 0 fully saturated rings. The summed E-state index contributed by atoms with van der Waals surface area (Å²) in [6.45, 7) is 3.84. The van der Waals surface area contributed by atoms with Crippen LogP contribution in [-0.4, -0.2) is 49.1 Å². The van der Waals surface area contributed by atoms with Crippen molar-refractivity contribution in [3.8, 4) is 5.75 Å². The van der Waals surface area contributed by atoms with Crippen molar-refractivity contribution >= 4 is 21.8 Å². The molecule has 0 aromatic heterocycles. The molecule has 0 saturated heterocycles. The number of hydrogen-bond donors (Lipinski definition) is 0. The molecule has 4 rings (SSSR count). The minimum Gasteiger partial charge on any atom is -0.494 e. The fourth-order valence-corrected chi connectivity index (χ4v) is 5.75. The SMILES string of the molecule is COc1cc2c(cc1F)CN(C(=O)c1ccc3c(c1)S(=O)(=O)N(C(C)C)C3=O)CC2. The summed E-state index contributed by atoms with van der Waals surface area (Å²) in [5.74, 6) is -1.29. The van der Waals surface area contributed by atoms with Gasteiger partial charge in [-0.3, -0.25) is 9.59 Å². The van der Waals surface area contributed by atoms with Crippen molar-refractivity contribution in [2.75, 3.05) is 13.7 Å². The molecule has 0 saturated carbocycles. The first-order chi connectivity index (χ1) is 14.1. The molecular weight excluding hydrogens is 411 g/mol. The van der Waals surface area contributed by atoms with Gasteiger partial charge in [0.05, 0.1) is 12.7 Å². The molecule has 2 aromatic rings. The second-order valence-electron chi connectivity index (χ2n) is 7.64. The Bertz CT molecular complexity index is 1180. The van der Waals surface area contributed by atoms with Crippen molar-refractivity contribution in [2.24, 2.45) is 0 Å². The average Bonchev–Trinajstić information content (AvgIpc) is 2.91. The van der Waals surface area contributed by atoms with Gasteiger partial charge in [-0.05, 0) is 61.7 Å². The van der Waals surface area contributed by atoms with Gasteiger partial charge < -0.3 is 9.64 Å². The van der Waals surface area contributed by atoms with Gasteiger partial charge in [0.1, 0.15) is 4.90 Å². The highest BCUT2D eigenvalue weighted by Gasteiger charge is 2.43. The lowest BCUT2D eigenvalue weighted by Gasteiger charge is -2.29. The number of fused-ring (bicyclic) bond motifs is 2. The number of benzene rings is 2. The summed E-state index contributed by atoms with van der Waals surface area (Å²) in [5, 5.41) is 0. The van der Waals surface area contributed by atoms with Crippen LogP contribution in [0.2, 0.25) is 0 Å². The van der Waals surface area contributed by atoms with E-state index in [1.807, 2.05) is 0 Å². The number of halogens is 1. The fourth-order valence-electron chi connectivity index (χ4n) is 3.96. The van der Waals surface area contributed by atoms with Crippen LogP contribution in [0.25, 0.3) is 0 Å². The molecule has 0 unspecified atom stereocenters. The van der Waals surface area contributed by atoms with Gasteiger partial charge in [-0.1, -0.05) is 0 Å². The van der Waals surface area contributed by atoms with E-state index in [0.29, 0.717) is 18.5 Å². The van der Waals surface area contributed by atoms with Crippen LogP contribution in [0.15, 0.2) is 35.2 Å². The number of rotatable bonds is 3. The Balaban J connectivity index is 1.64. The van der Waals surface area contributed by atoms with E-state index in [0.717, 1.165) is 9.87 Å². The topological polar surface area (TPSA) is 84.0 Å². The maximum atomic E-state index is 14.1. The van der Waals surface area contributed by atoms with Gasteiger partial charge in [-0.2, -0.15) is 0 Å². The zero-order chi connectivity index (χ0) is 21.8. The Labute approximate surface area is 174 Å². The van der Waals surface area contributed by atoms with Crippen LogP contribution in [0.1, 0.15) is 45.7 Å². The summed E-state index contributed by atoms with van der Waals surface area (Å²) in [5.41, 5.74) is 1.83. The number of sulfonamides is 1. The van der Waals surface area contributed by atoms with Crippen LogP contribution in [-0.2, 0) is 23.0 Å². The Morgan fingerprint density at radius 2 is 1.90 bits per heavy atom. The maximum Gasteiger partial charge on any atom is 0.269 e. The Kier molecular flexibility index (Phi) is 4.80.